The molecule has 0 aromatic heterocycles. The first-order valence-corrected chi connectivity index (χ1v) is 8.21. The molecule has 0 spiro atoms. The number of hydrogen-bond donors (Lipinski definition) is 1. The van der Waals surface area contributed by atoms with Crippen LogP contribution in [0.5, 0.6) is 0 Å². The summed E-state index contributed by atoms with van der Waals surface area (Å²) in [5.41, 5.74) is 0. The van der Waals surface area contributed by atoms with E-state index in [0.717, 1.165) is 45.1 Å². The number of piperazine rings is 1. The average Bonchev–Trinajstić information content (AvgIpc) is 3.31. The molecule has 0 bridgehead atoms. The maximum atomic E-state index is 12.2. The lowest BCUT2D eigenvalue weighted by Crippen LogP contribution is -2.52. The van der Waals surface area contributed by atoms with Crippen LogP contribution in [-0.4, -0.2) is 55.1 Å². The predicted molar refractivity (Wildman–Crippen MR) is 80.6 cm³/mol. The Morgan fingerprint density at radius 2 is 1.85 bits per heavy atom. The Bertz CT molecular complexity index is 357. The topological polar surface area (TPSA) is 35.6 Å². The fourth-order valence-electron chi connectivity index (χ4n) is 3.18. The van der Waals surface area contributed by atoms with E-state index < -0.39 is 0 Å². The van der Waals surface area contributed by atoms with Crippen molar-refractivity contribution in [3.05, 3.63) is 12.2 Å². The number of allylic oxidation sites excluding steroid dienone is 2. The van der Waals surface area contributed by atoms with Crippen molar-refractivity contribution in [1.82, 2.24) is 15.1 Å². The van der Waals surface area contributed by atoms with E-state index in [-0.39, 0.29) is 6.03 Å². The molecular formula is C16H27N3O. The molecule has 0 aromatic rings. The van der Waals surface area contributed by atoms with Gasteiger partial charge >= 0.3 is 6.03 Å². The third-order valence-electron chi connectivity index (χ3n) is 4.79. The Hall–Kier alpha value is -1.03. The van der Waals surface area contributed by atoms with Crippen LogP contribution in [0.15, 0.2) is 12.2 Å². The molecule has 3 rings (SSSR count). The largest absolute Gasteiger partial charge is 0.338 e. The van der Waals surface area contributed by atoms with Crippen molar-refractivity contribution < 1.29 is 4.79 Å². The van der Waals surface area contributed by atoms with Crippen LogP contribution < -0.4 is 5.32 Å². The summed E-state index contributed by atoms with van der Waals surface area (Å²) in [5.74, 6) is 1.59. The molecule has 1 N–H and O–H groups in total. The van der Waals surface area contributed by atoms with E-state index in [1.807, 2.05) is 4.90 Å². The number of carbonyl (C=O) groups is 1. The quantitative estimate of drug-likeness (QED) is 0.799. The third kappa shape index (κ3) is 3.98. The van der Waals surface area contributed by atoms with Crippen LogP contribution in [0.4, 0.5) is 4.79 Å². The molecule has 1 saturated carbocycles. The Morgan fingerprint density at radius 1 is 1.05 bits per heavy atom. The van der Waals surface area contributed by atoms with E-state index in [9.17, 15) is 4.79 Å². The molecule has 0 radical (unpaired) electrons. The Balaban J connectivity index is 1.34. The zero-order valence-corrected chi connectivity index (χ0v) is 12.4. The molecule has 20 heavy (non-hydrogen) atoms. The number of nitrogens with one attached hydrogen (secondary N) is 1. The molecule has 1 unspecified atom stereocenters. The van der Waals surface area contributed by atoms with Crippen LogP contribution in [0.25, 0.3) is 0 Å². The number of urea groups is 1. The molecule has 2 aliphatic carbocycles. The van der Waals surface area contributed by atoms with E-state index in [0.29, 0.717) is 5.92 Å². The van der Waals surface area contributed by atoms with Gasteiger partial charge in [-0.25, -0.2) is 4.79 Å². The van der Waals surface area contributed by atoms with E-state index in [2.05, 4.69) is 22.4 Å². The lowest BCUT2D eigenvalue weighted by Gasteiger charge is -2.35. The summed E-state index contributed by atoms with van der Waals surface area (Å²) in [6, 6.07) is 0.144. The van der Waals surface area contributed by atoms with Gasteiger partial charge in [0, 0.05) is 39.3 Å². The zero-order valence-electron chi connectivity index (χ0n) is 12.4. The number of hydrogen-bond acceptors (Lipinski definition) is 2. The summed E-state index contributed by atoms with van der Waals surface area (Å²) in [6.45, 7) is 5.98. The van der Waals surface area contributed by atoms with E-state index in [1.54, 1.807) is 0 Å². The van der Waals surface area contributed by atoms with Crippen LogP contribution >= 0.6 is 0 Å². The van der Waals surface area contributed by atoms with Gasteiger partial charge in [0.05, 0.1) is 0 Å². The SMILES string of the molecule is O=C(NCC1CC=CCC1)N1CCN(CC2CC2)CC1. The minimum absolute atomic E-state index is 0.144. The van der Waals surface area contributed by atoms with Crippen molar-refractivity contribution in [3.8, 4) is 0 Å². The molecule has 1 heterocycles. The van der Waals surface area contributed by atoms with Crippen LogP contribution in [0.1, 0.15) is 32.1 Å². The van der Waals surface area contributed by atoms with Crippen molar-refractivity contribution in [3.63, 3.8) is 0 Å². The Morgan fingerprint density at radius 3 is 2.50 bits per heavy atom. The van der Waals surface area contributed by atoms with Crippen LogP contribution in [0.2, 0.25) is 0 Å². The smallest absolute Gasteiger partial charge is 0.317 e. The first kappa shape index (κ1) is 13.9. The highest BCUT2D eigenvalue weighted by molar-refractivity contribution is 5.74. The monoisotopic (exact) mass is 277 g/mol. The van der Waals surface area contributed by atoms with Gasteiger partial charge in [0.1, 0.15) is 0 Å². The van der Waals surface area contributed by atoms with Gasteiger partial charge in [-0.05, 0) is 43.9 Å². The van der Waals surface area contributed by atoms with Gasteiger partial charge in [-0.3, -0.25) is 4.90 Å². The van der Waals surface area contributed by atoms with Gasteiger partial charge < -0.3 is 10.2 Å². The molecule has 3 aliphatic rings. The van der Waals surface area contributed by atoms with Gasteiger partial charge in [-0.2, -0.15) is 0 Å². The first-order valence-electron chi connectivity index (χ1n) is 8.21. The van der Waals surface area contributed by atoms with Gasteiger partial charge in [0.25, 0.3) is 0 Å². The van der Waals surface area contributed by atoms with E-state index in [4.69, 9.17) is 0 Å². The van der Waals surface area contributed by atoms with Crippen LogP contribution in [-0.2, 0) is 0 Å². The van der Waals surface area contributed by atoms with Crippen molar-refractivity contribution in [1.29, 1.82) is 0 Å². The molecular weight excluding hydrogens is 250 g/mol. The Labute approximate surface area is 122 Å². The normalized spacial score (nSPS) is 27.6. The molecule has 1 aliphatic heterocycles. The molecule has 2 amide bonds. The van der Waals surface area contributed by atoms with E-state index in [1.165, 1.54) is 32.2 Å². The number of rotatable bonds is 4. The summed E-state index contributed by atoms with van der Waals surface area (Å²) in [4.78, 5) is 16.7. The Kier molecular flexibility index (Phi) is 4.61. The van der Waals surface area contributed by atoms with Gasteiger partial charge in [-0.1, -0.05) is 12.2 Å². The molecule has 1 saturated heterocycles. The highest BCUT2D eigenvalue weighted by atomic mass is 16.2. The number of carbonyl (C=O) groups excluding carboxylic acids is 1. The van der Waals surface area contributed by atoms with Crippen LogP contribution in [0.3, 0.4) is 0 Å². The second-order valence-electron chi connectivity index (χ2n) is 6.57. The third-order valence-corrected chi connectivity index (χ3v) is 4.79. The van der Waals surface area contributed by atoms with Crippen molar-refractivity contribution in [2.24, 2.45) is 11.8 Å². The molecule has 1 atom stereocenters. The molecule has 4 nitrogen and oxygen atoms in total. The van der Waals surface area contributed by atoms with Gasteiger partial charge in [-0.15, -0.1) is 0 Å². The standard InChI is InChI=1S/C16H27N3O/c20-16(17-12-14-4-2-1-3-5-14)19-10-8-18(9-11-19)13-15-6-7-15/h1-2,14-15H,3-13H2,(H,17,20). The highest BCUT2D eigenvalue weighted by Crippen LogP contribution is 2.29. The minimum Gasteiger partial charge on any atom is -0.338 e. The second kappa shape index (κ2) is 6.61. The van der Waals surface area contributed by atoms with Crippen molar-refractivity contribution in [2.45, 2.75) is 32.1 Å². The fraction of sp³-hybridized carbons (Fsp3) is 0.812. The van der Waals surface area contributed by atoms with Crippen molar-refractivity contribution in [2.75, 3.05) is 39.3 Å². The van der Waals surface area contributed by atoms with Crippen LogP contribution in [0, 0.1) is 11.8 Å². The molecule has 2 fully saturated rings. The highest BCUT2D eigenvalue weighted by Gasteiger charge is 2.27. The zero-order chi connectivity index (χ0) is 13.8. The number of nitrogens with zero attached hydrogens (tertiary/aromatic N) is 2. The lowest BCUT2D eigenvalue weighted by molar-refractivity contribution is 0.135. The minimum atomic E-state index is 0.144. The maximum Gasteiger partial charge on any atom is 0.317 e. The second-order valence-corrected chi connectivity index (χ2v) is 6.57. The molecule has 112 valence electrons. The average molecular weight is 277 g/mol. The fourth-order valence-corrected chi connectivity index (χ4v) is 3.18. The van der Waals surface area contributed by atoms with Gasteiger partial charge in [0.2, 0.25) is 0 Å². The first-order chi connectivity index (χ1) is 9.81. The molecule has 0 aromatic carbocycles. The lowest BCUT2D eigenvalue weighted by atomic mass is 9.94. The summed E-state index contributed by atoms with van der Waals surface area (Å²) >= 11 is 0. The summed E-state index contributed by atoms with van der Waals surface area (Å²) in [6.07, 6.45) is 10.8. The van der Waals surface area contributed by atoms with Crippen molar-refractivity contribution >= 4 is 6.03 Å². The predicted octanol–water partition coefficient (Wildman–Crippen LogP) is 2.08. The summed E-state index contributed by atoms with van der Waals surface area (Å²) in [7, 11) is 0. The number of amides is 2. The summed E-state index contributed by atoms with van der Waals surface area (Å²) in [5, 5.41) is 3.12. The maximum absolute atomic E-state index is 12.2. The summed E-state index contributed by atoms with van der Waals surface area (Å²) < 4.78 is 0. The molecule has 4 heteroatoms. The van der Waals surface area contributed by atoms with Gasteiger partial charge in [0.15, 0.2) is 0 Å². The van der Waals surface area contributed by atoms with E-state index >= 15 is 0 Å².